The maximum absolute atomic E-state index is 12.0. The molecule has 0 aliphatic heterocycles. The van der Waals surface area contributed by atoms with Crippen LogP contribution in [0.2, 0.25) is 0 Å². The van der Waals surface area contributed by atoms with Crippen molar-refractivity contribution in [2.24, 2.45) is 5.73 Å². The largest absolute Gasteiger partial charge is 0.326 e. The quantitative estimate of drug-likeness (QED) is 0.814. The predicted molar refractivity (Wildman–Crippen MR) is 71.0 cm³/mol. The molecule has 100 valence electrons. The lowest BCUT2D eigenvalue weighted by Gasteiger charge is -2.35. The van der Waals surface area contributed by atoms with Gasteiger partial charge in [0.25, 0.3) is 10.2 Å². The fourth-order valence-corrected chi connectivity index (χ4v) is 3.05. The van der Waals surface area contributed by atoms with Gasteiger partial charge in [-0.3, -0.25) is 0 Å². The van der Waals surface area contributed by atoms with E-state index in [0.717, 1.165) is 18.4 Å². The maximum atomic E-state index is 12.0. The highest BCUT2D eigenvalue weighted by atomic mass is 32.2. The molecule has 2 rings (SSSR count). The fourth-order valence-electron chi connectivity index (χ4n) is 1.88. The van der Waals surface area contributed by atoms with Gasteiger partial charge in [0, 0.05) is 25.7 Å². The lowest BCUT2D eigenvalue weighted by Crippen LogP contribution is -2.56. The van der Waals surface area contributed by atoms with Crippen LogP contribution in [0.3, 0.4) is 0 Å². The lowest BCUT2D eigenvalue weighted by atomic mass is 9.88. The fraction of sp³-hybridized carbons (Fsp3) is 0.500. The van der Waals surface area contributed by atoms with E-state index in [1.54, 1.807) is 7.05 Å². The van der Waals surface area contributed by atoms with Crippen LogP contribution in [-0.4, -0.2) is 31.9 Å². The van der Waals surface area contributed by atoms with Crippen LogP contribution in [0.4, 0.5) is 0 Å². The molecule has 1 aromatic rings. The number of nitrogens with two attached hydrogens (primary N) is 1. The Morgan fingerprint density at radius 2 is 2.00 bits per heavy atom. The monoisotopic (exact) mass is 269 g/mol. The van der Waals surface area contributed by atoms with Gasteiger partial charge >= 0.3 is 0 Å². The summed E-state index contributed by atoms with van der Waals surface area (Å²) in [5.74, 6) is 0. The molecule has 0 saturated heterocycles. The van der Waals surface area contributed by atoms with E-state index in [-0.39, 0.29) is 12.1 Å². The van der Waals surface area contributed by atoms with E-state index in [1.807, 2.05) is 30.3 Å². The number of nitrogens with zero attached hydrogens (tertiary/aromatic N) is 1. The highest BCUT2D eigenvalue weighted by Crippen LogP contribution is 2.19. The second kappa shape index (κ2) is 5.36. The number of benzene rings is 1. The molecule has 0 spiro atoms. The number of hydrogen-bond donors (Lipinski definition) is 2. The molecule has 0 heterocycles. The molecule has 1 fully saturated rings. The van der Waals surface area contributed by atoms with Crippen molar-refractivity contribution in [1.29, 1.82) is 0 Å². The number of hydrogen-bond acceptors (Lipinski definition) is 3. The van der Waals surface area contributed by atoms with Gasteiger partial charge in [-0.25, -0.2) is 0 Å². The van der Waals surface area contributed by atoms with Crippen molar-refractivity contribution in [2.45, 2.75) is 31.5 Å². The highest BCUT2D eigenvalue weighted by molar-refractivity contribution is 7.87. The summed E-state index contributed by atoms with van der Waals surface area (Å²) >= 11 is 0. The first-order valence-corrected chi connectivity index (χ1v) is 7.46. The Morgan fingerprint density at radius 3 is 2.50 bits per heavy atom. The Balaban J connectivity index is 1.97. The normalized spacial score (nSPS) is 23.9. The molecule has 5 nitrogen and oxygen atoms in total. The SMILES string of the molecule is CN(Cc1ccccc1)S(=O)(=O)NC1CCC1N. The van der Waals surface area contributed by atoms with Gasteiger partial charge in [-0.1, -0.05) is 30.3 Å². The summed E-state index contributed by atoms with van der Waals surface area (Å²) < 4.78 is 28.0. The van der Waals surface area contributed by atoms with Gasteiger partial charge in [0.05, 0.1) is 0 Å². The summed E-state index contributed by atoms with van der Waals surface area (Å²) in [5.41, 5.74) is 6.70. The molecule has 18 heavy (non-hydrogen) atoms. The van der Waals surface area contributed by atoms with E-state index in [2.05, 4.69) is 4.72 Å². The summed E-state index contributed by atoms with van der Waals surface area (Å²) in [6.45, 7) is 0.359. The first-order chi connectivity index (χ1) is 8.49. The summed E-state index contributed by atoms with van der Waals surface area (Å²) in [6.07, 6.45) is 1.70. The van der Waals surface area contributed by atoms with Gasteiger partial charge in [-0.2, -0.15) is 17.4 Å². The van der Waals surface area contributed by atoms with Gasteiger partial charge in [0.2, 0.25) is 0 Å². The van der Waals surface area contributed by atoms with Crippen LogP contribution < -0.4 is 10.5 Å². The Hall–Kier alpha value is -0.950. The minimum absolute atomic E-state index is 0.0510. The molecular formula is C12H19N3O2S. The van der Waals surface area contributed by atoms with Crippen LogP contribution in [0, 0.1) is 0 Å². The highest BCUT2D eigenvalue weighted by Gasteiger charge is 2.32. The minimum atomic E-state index is -3.45. The number of nitrogens with one attached hydrogen (secondary N) is 1. The molecule has 6 heteroatoms. The van der Waals surface area contributed by atoms with E-state index in [4.69, 9.17) is 5.73 Å². The third kappa shape index (κ3) is 3.08. The van der Waals surface area contributed by atoms with Gasteiger partial charge in [0.15, 0.2) is 0 Å². The zero-order valence-electron chi connectivity index (χ0n) is 10.4. The second-order valence-electron chi connectivity index (χ2n) is 4.71. The number of rotatable bonds is 5. The predicted octanol–water partition coefficient (Wildman–Crippen LogP) is 0.443. The summed E-state index contributed by atoms with van der Waals surface area (Å²) in [7, 11) is -1.88. The summed E-state index contributed by atoms with van der Waals surface area (Å²) in [4.78, 5) is 0. The second-order valence-corrected chi connectivity index (χ2v) is 6.52. The average Bonchev–Trinajstić information content (AvgIpc) is 2.35. The molecule has 3 N–H and O–H groups in total. The Labute approximate surface area is 108 Å². The zero-order valence-corrected chi connectivity index (χ0v) is 11.2. The molecule has 2 unspecified atom stereocenters. The molecule has 1 aliphatic rings. The zero-order chi connectivity index (χ0) is 13.2. The maximum Gasteiger partial charge on any atom is 0.279 e. The van der Waals surface area contributed by atoms with Crippen molar-refractivity contribution in [3.63, 3.8) is 0 Å². The van der Waals surface area contributed by atoms with E-state index in [1.165, 1.54) is 4.31 Å². The van der Waals surface area contributed by atoms with Crippen molar-refractivity contribution < 1.29 is 8.42 Å². The topological polar surface area (TPSA) is 75.4 Å². The third-order valence-electron chi connectivity index (χ3n) is 3.29. The van der Waals surface area contributed by atoms with Gasteiger partial charge in [-0.05, 0) is 18.4 Å². The van der Waals surface area contributed by atoms with Crippen molar-refractivity contribution >= 4 is 10.2 Å². The molecule has 0 bridgehead atoms. The van der Waals surface area contributed by atoms with E-state index >= 15 is 0 Å². The Bertz CT molecular complexity index is 489. The standard InChI is InChI=1S/C12H19N3O2S/c1-15(9-10-5-3-2-4-6-10)18(16,17)14-12-8-7-11(12)13/h2-6,11-12,14H,7-9,13H2,1H3. The molecule has 0 amide bonds. The van der Waals surface area contributed by atoms with Crippen LogP contribution in [0.15, 0.2) is 30.3 Å². The summed E-state index contributed by atoms with van der Waals surface area (Å²) in [5, 5.41) is 0. The third-order valence-corrected chi connectivity index (χ3v) is 4.84. The minimum Gasteiger partial charge on any atom is -0.326 e. The molecule has 0 aromatic heterocycles. The van der Waals surface area contributed by atoms with Crippen LogP contribution in [0.1, 0.15) is 18.4 Å². The smallest absolute Gasteiger partial charge is 0.279 e. The van der Waals surface area contributed by atoms with Gasteiger partial charge in [0.1, 0.15) is 0 Å². The van der Waals surface area contributed by atoms with Crippen LogP contribution in [-0.2, 0) is 16.8 Å². The van der Waals surface area contributed by atoms with Crippen molar-refractivity contribution in [2.75, 3.05) is 7.05 Å². The summed E-state index contributed by atoms with van der Waals surface area (Å²) in [6, 6.07) is 9.33. The van der Waals surface area contributed by atoms with E-state index < -0.39 is 10.2 Å². The lowest BCUT2D eigenvalue weighted by molar-refractivity contribution is 0.312. The molecule has 0 radical (unpaired) electrons. The average molecular weight is 269 g/mol. The molecular weight excluding hydrogens is 250 g/mol. The first kappa shape index (κ1) is 13.5. The van der Waals surface area contributed by atoms with Crippen LogP contribution in [0.5, 0.6) is 0 Å². The van der Waals surface area contributed by atoms with Crippen LogP contribution >= 0.6 is 0 Å². The van der Waals surface area contributed by atoms with E-state index in [9.17, 15) is 8.42 Å². The van der Waals surface area contributed by atoms with Gasteiger partial charge < -0.3 is 5.73 Å². The Morgan fingerprint density at radius 1 is 1.33 bits per heavy atom. The van der Waals surface area contributed by atoms with Crippen molar-refractivity contribution in [1.82, 2.24) is 9.03 Å². The first-order valence-electron chi connectivity index (χ1n) is 6.02. The Kier molecular flexibility index (Phi) is 4.01. The molecule has 1 aliphatic carbocycles. The van der Waals surface area contributed by atoms with Gasteiger partial charge in [-0.15, -0.1) is 0 Å². The van der Waals surface area contributed by atoms with Crippen molar-refractivity contribution in [3.05, 3.63) is 35.9 Å². The molecule has 1 aromatic carbocycles. The van der Waals surface area contributed by atoms with E-state index in [0.29, 0.717) is 6.54 Å². The van der Waals surface area contributed by atoms with Crippen molar-refractivity contribution in [3.8, 4) is 0 Å². The van der Waals surface area contributed by atoms with Crippen LogP contribution in [0.25, 0.3) is 0 Å². The molecule has 1 saturated carbocycles. The molecule has 2 atom stereocenters.